The van der Waals surface area contributed by atoms with Crippen LogP contribution in [0.2, 0.25) is 0 Å². The fourth-order valence-electron chi connectivity index (χ4n) is 1.67. The molecule has 6 heteroatoms. The molecule has 1 atom stereocenters. The van der Waals surface area contributed by atoms with Crippen LogP contribution >= 0.6 is 0 Å². The Kier molecular flexibility index (Phi) is 4.45. The Morgan fingerprint density at radius 1 is 1.39 bits per heavy atom. The van der Waals surface area contributed by atoms with Gasteiger partial charge in [-0.3, -0.25) is 9.78 Å². The van der Waals surface area contributed by atoms with E-state index in [-0.39, 0.29) is 5.92 Å². The van der Waals surface area contributed by atoms with Crippen LogP contribution in [0.25, 0.3) is 0 Å². The largest absolute Gasteiger partial charge is 0.417 e. The van der Waals surface area contributed by atoms with Crippen LogP contribution in [0.3, 0.4) is 0 Å². The minimum atomic E-state index is -4.58. The predicted octanol–water partition coefficient (Wildman–Crippen LogP) is 2.95. The molecule has 0 saturated carbocycles. The van der Waals surface area contributed by atoms with Gasteiger partial charge in [-0.25, -0.2) is 0 Å². The standard InChI is InChI=1S/C12H14F3NO2/c1-7(2)11(18-3)10(17)8-6-16-5-4-9(8)12(13,14)15/h4-7,11H,1-3H3. The zero-order valence-corrected chi connectivity index (χ0v) is 10.3. The lowest BCUT2D eigenvalue weighted by Crippen LogP contribution is -2.30. The number of methoxy groups -OCH3 is 1. The molecule has 1 aromatic rings. The van der Waals surface area contributed by atoms with Crippen molar-refractivity contribution in [3.63, 3.8) is 0 Å². The second kappa shape index (κ2) is 5.48. The van der Waals surface area contributed by atoms with Crippen LogP contribution in [0, 0.1) is 5.92 Å². The van der Waals surface area contributed by atoms with Crippen LogP contribution in [0.5, 0.6) is 0 Å². The molecule has 0 radical (unpaired) electrons. The second-order valence-electron chi connectivity index (χ2n) is 4.18. The number of carbonyl (C=O) groups is 1. The number of ether oxygens (including phenoxy) is 1. The van der Waals surface area contributed by atoms with Gasteiger partial charge in [0, 0.05) is 19.5 Å². The second-order valence-corrected chi connectivity index (χ2v) is 4.18. The zero-order valence-electron chi connectivity index (χ0n) is 10.3. The maximum Gasteiger partial charge on any atom is 0.417 e. The van der Waals surface area contributed by atoms with E-state index in [9.17, 15) is 18.0 Å². The van der Waals surface area contributed by atoms with E-state index < -0.39 is 29.2 Å². The fraction of sp³-hybridized carbons (Fsp3) is 0.500. The number of pyridine rings is 1. The summed E-state index contributed by atoms with van der Waals surface area (Å²) in [5.41, 5.74) is -1.43. The molecule has 0 spiro atoms. The highest BCUT2D eigenvalue weighted by Crippen LogP contribution is 2.32. The molecule has 100 valence electrons. The van der Waals surface area contributed by atoms with E-state index in [1.165, 1.54) is 7.11 Å². The summed E-state index contributed by atoms with van der Waals surface area (Å²) in [7, 11) is 1.30. The van der Waals surface area contributed by atoms with Gasteiger partial charge in [0.15, 0.2) is 5.78 Å². The van der Waals surface area contributed by atoms with Crippen molar-refractivity contribution in [2.45, 2.75) is 26.1 Å². The summed E-state index contributed by atoms with van der Waals surface area (Å²) in [6, 6.07) is 0.792. The monoisotopic (exact) mass is 261 g/mol. The third kappa shape index (κ3) is 3.07. The highest BCUT2D eigenvalue weighted by Gasteiger charge is 2.37. The van der Waals surface area contributed by atoms with Gasteiger partial charge in [0.25, 0.3) is 0 Å². The topological polar surface area (TPSA) is 39.2 Å². The molecule has 0 N–H and O–H groups in total. The normalized spacial score (nSPS) is 13.7. The van der Waals surface area contributed by atoms with Crippen LogP contribution in [0.4, 0.5) is 13.2 Å². The minimum Gasteiger partial charge on any atom is -0.373 e. The van der Waals surface area contributed by atoms with Gasteiger partial charge < -0.3 is 4.74 Å². The molecule has 1 rings (SSSR count). The van der Waals surface area contributed by atoms with Gasteiger partial charge in [-0.2, -0.15) is 13.2 Å². The van der Waals surface area contributed by atoms with E-state index in [4.69, 9.17) is 4.74 Å². The summed E-state index contributed by atoms with van der Waals surface area (Å²) < 4.78 is 43.2. The lowest BCUT2D eigenvalue weighted by Gasteiger charge is -2.19. The van der Waals surface area contributed by atoms with E-state index >= 15 is 0 Å². The van der Waals surface area contributed by atoms with Crippen molar-refractivity contribution in [3.8, 4) is 0 Å². The number of ketones is 1. The summed E-state index contributed by atoms with van der Waals surface area (Å²) in [5, 5.41) is 0. The molecule has 1 heterocycles. The highest BCUT2D eigenvalue weighted by atomic mass is 19.4. The summed E-state index contributed by atoms with van der Waals surface area (Å²) in [6.07, 6.45) is -3.55. The number of alkyl halides is 3. The van der Waals surface area contributed by atoms with Crippen molar-refractivity contribution >= 4 is 5.78 Å². The van der Waals surface area contributed by atoms with E-state index in [0.717, 1.165) is 18.5 Å². The van der Waals surface area contributed by atoms with Crippen molar-refractivity contribution in [1.29, 1.82) is 0 Å². The van der Waals surface area contributed by atoms with Crippen LogP contribution in [0.1, 0.15) is 29.8 Å². The number of Topliss-reactive ketones (excluding diaryl/α,β-unsaturated/α-hetero) is 1. The highest BCUT2D eigenvalue weighted by molar-refractivity contribution is 6.00. The smallest absolute Gasteiger partial charge is 0.373 e. The Morgan fingerprint density at radius 2 is 2.00 bits per heavy atom. The molecule has 18 heavy (non-hydrogen) atoms. The average Bonchev–Trinajstić information content (AvgIpc) is 2.28. The van der Waals surface area contributed by atoms with Crippen LogP contribution < -0.4 is 0 Å². The van der Waals surface area contributed by atoms with E-state index in [0.29, 0.717) is 0 Å². The predicted molar refractivity (Wildman–Crippen MR) is 59.2 cm³/mol. The molecule has 0 aliphatic heterocycles. The first-order chi connectivity index (χ1) is 8.29. The van der Waals surface area contributed by atoms with E-state index in [1.54, 1.807) is 13.8 Å². The third-order valence-electron chi connectivity index (χ3n) is 2.51. The molecule has 0 aromatic carbocycles. The fourth-order valence-corrected chi connectivity index (χ4v) is 1.67. The number of halogens is 3. The first-order valence-corrected chi connectivity index (χ1v) is 5.37. The Morgan fingerprint density at radius 3 is 2.44 bits per heavy atom. The number of rotatable bonds is 4. The zero-order chi connectivity index (χ0) is 13.9. The summed E-state index contributed by atoms with van der Waals surface area (Å²) in [5.74, 6) is -0.920. The molecular weight excluding hydrogens is 247 g/mol. The van der Waals surface area contributed by atoms with Gasteiger partial charge in [0.1, 0.15) is 6.10 Å². The maximum absolute atomic E-state index is 12.8. The molecule has 0 amide bonds. The first kappa shape index (κ1) is 14.6. The molecule has 3 nitrogen and oxygen atoms in total. The van der Waals surface area contributed by atoms with Gasteiger partial charge in [-0.05, 0) is 12.0 Å². The van der Waals surface area contributed by atoms with Crippen molar-refractivity contribution < 1.29 is 22.7 Å². The van der Waals surface area contributed by atoms with Gasteiger partial charge in [-0.15, -0.1) is 0 Å². The van der Waals surface area contributed by atoms with Gasteiger partial charge >= 0.3 is 6.18 Å². The number of hydrogen-bond acceptors (Lipinski definition) is 3. The van der Waals surface area contributed by atoms with E-state index in [1.807, 2.05) is 0 Å². The summed E-state index contributed by atoms with van der Waals surface area (Å²) in [4.78, 5) is 15.6. The minimum absolute atomic E-state index is 0.219. The summed E-state index contributed by atoms with van der Waals surface area (Å²) in [6.45, 7) is 3.41. The molecule has 0 bridgehead atoms. The van der Waals surface area contributed by atoms with E-state index in [2.05, 4.69) is 4.98 Å². The molecule has 0 aliphatic carbocycles. The Bertz CT molecular complexity index is 430. The van der Waals surface area contributed by atoms with Gasteiger partial charge in [0.2, 0.25) is 0 Å². The Hall–Kier alpha value is -1.43. The van der Waals surface area contributed by atoms with Crippen LogP contribution in [-0.2, 0) is 10.9 Å². The lowest BCUT2D eigenvalue weighted by atomic mass is 9.95. The molecule has 1 unspecified atom stereocenters. The van der Waals surface area contributed by atoms with Crippen molar-refractivity contribution in [2.75, 3.05) is 7.11 Å². The van der Waals surface area contributed by atoms with Crippen molar-refractivity contribution in [2.24, 2.45) is 5.92 Å². The summed E-state index contributed by atoms with van der Waals surface area (Å²) >= 11 is 0. The van der Waals surface area contributed by atoms with Crippen molar-refractivity contribution in [1.82, 2.24) is 4.98 Å². The number of aromatic nitrogens is 1. The Balaban J connectivity index is 3.21. The maximum atomic E-state index is 12.8. The molecule has 0 fully saturated rings. The Labute approximate surface area is 103 Å². The third-order valence-corrected chi connectivity index (χ3v) is 2.51. The number of nitrogens with zero attached hydrogens (tertiary/aromatic N) is 1. The molecule has 1 aromatic heterocycles. The van der Waals surface area contributed by atoms with Crippen LogP contribution in [0.15, 0.2) is 18.5 Å². The molecule has 0 aliphatic rings. The SMILES string of the molecule is COC(C(=O)c1cnccc1C(F)(F)F)C(C)C. The molecule has 0 saturated heterocycles. The number of hydrogen-bond donors (Lipinski definition) is 0. The van der Waals surface area contributed by atoms with Gasteiger partial charge in [-0.1, -0.05) is 13.8 Å². The van der Waals surface area contributed by atoms with Gasteiger partial charge in [0.05, 0.1) is 11.1 Å². The van der Waals surface area contributed by atoms with Crippen molar-refractivity contribution in [3.05, 3.63) is 29.6 Å². The molecular formula is C12H14F3NO2. The quantitative estimate of drug-likeness (QED) is 0.782. The lowest BCUT2D eigenvalue weighted by molar-refractivity contribution is -0.138. The first-order valence-electron chi connectivity index (χ1n) is 5.37. The average molecular weight is 261 g/mol. The van der Waals surface area contributed by atoms with Crippen LogP contribution in [-0.4, -0.2) is 24.0 Å². The number of carbonyl (C=O) groups excluding carboxylic acids is 1.